The summed E-state index contributed by atoms with van der Waals surface area (Å²) < 4.78 is 90.4. The zero-order valence-electron chi connectivity index (χ0n) is 33.4. The van der Waals surface area contributed by atoms with Gasteiger partial charge in [-0.25, -0.2) is 22.0 Å². The van der Waals surface area contributed by atoms with Crippen LogP contribution in [-0.2, 0) is 39.2 Å². The molecule has 1 unspecified atom stereocenters. The molecule has 314 valence electrons. The van der Waals surface area contributed by atoms with Crippen LogP contribution < -0.4 is 5.32 Å². The third kappa shape index (κ3) is 11.3. The van der Waals surface area contributed by atoms with Crippen LogP contribution in [0.5, 0.6) is 0 Å². The minimum atomic E-state index is -5.08. The van der Waals surface area contributed by atoms with Gasteiger partial charge in [-0.05, 0) is 108 Å². The lowest BCUT2D eigenvalue weighted by atomic mass is 9.45. The normalized spacial score (nSPS) is 25.0. The van der Waals surface area contributed by atoms with Crippen LogP contribution in [0, 0.1) is 40.2 Å². The number of carbonyl (C=O) groups is 2. The molecule has 4 fully saturated rings. The maximum absolute atomic E-state index is 15.3. The molecule has 2 bridgehead atoms. The lowest BCUT2D eigenvalue weighted by molar-refractivity contribution is -0.192. The summed E-state index contributed by atoms with van der Waals surface area (Å²) in [5, 5.41) is 10.4. The number of nitrogens with zero attached hydrogens (tertiary/aromatic N) is 3. The molecule has 3 saturated carbocycles. The number of hydrogen-bond acceptors (Lipinski definition) is 6. The van der Waals surface area contributed by atoms with Crippen molar-refractivity contribution in [2.45, 2.75) is 111 Å². The van der Waals surface area contributed by atoms with Crippen LogP contribution >= 0.6 is 15.9 Å². The van der Waals surface area contributed by atoms with Gasteiger partial charge in [-0.1, -0.05) is 65.8 Å². The van der Waals surface area contributed by atoms with E-state index in [-0.39, 0.29) is 58.7 Å². The first-order valence-corrected chi connectivity index (χ1v) is 21.3. The van der Waals surface area contributed by atoms with Gasteiger partial charge < -0.3 is 15.3 Å². The second kappa shape index (κ2) is 17.7. The highest BCUT2D eigenvalue weighted by Crippen LogP contribution is 2.61. The molecular weight excluding hydrogens is 823 g/mol. The van der Waals surface area contributed by atoms with Crippen LogP contribution in [-0.4, -0.2) is 90.2 Å². The number of rotatable bonds is 12. The zero-order valence-corrected chi connectivity index (χ0v) is 35.8. The van der Waals surface area contributed by atoms with Gasteiger partial charge in [0.05, 0.1) is 10.2 Å². The minimum Gasteiger partial charge on any atom is -0.475 e. The van der Waals surface area contributed by atoms with Crippen molar-refractivity contribution in [1.29, 1.82) is 0 Å². The van der Waals surface area contributed by atoms with Crippen molar-refractivity contribution in [2.24, 2.45) is 28.6 Å². The van der Waals surface area contributed by atoms with Gasteiger partial charge in [-0.2, -0.15) is 17.5 Å². The molecule has 6 atom stereocenters. The van der Waals surface area contributed by atoms with Crippen LogP contribution in [0.2, 0.25) is 0 Å². The number of likely N-dealkylation sites (N-methyl/N-ethyl adjacent to an activating group) is 1. The highest BCUT2D eigenvalue weighted by molar-refractivity contribution is 9.10. The number of carboxylic acids is 1. The number of hydrogen-bond donors (Lipinski definition) is 2. The molecule has 1 amide bonds. The predicted molar refractivity (Wildman–Crippen MR) is 209 cm³/mol. The number of fused-ring (bicyclic) bond motifs is 2. The number of alkyl halides is 3. The fourth-order valence-electron chi connectivity index (χ4n) is 8.71. The number of carbonyl (C=O) groups excluding carboxylic acids is 1. The van der Waals surface area contributed by atoms with Gasteiger partial charge in [0.15, 0.2) is 0 Å². The molecule has 4 aliphatic rings. The molecule has 6 rings (SSSR count). The Morgan fingerprint density at radius 2 is 1.68 bits per heavy atom. The largest absolute Gasteiger partial charge is 0.490 e. The van der Waals surface area contributed by atoms with E-state index in [0.29, 0.717) is 36.3 Å². The topological polar surface area (TPSA) is 110 Å². The molecule has 3 aliphatic carbocycles. The Hall–Kier alpha value is -2.66. The molecule has 1 saturated heterocycles. The van der Waals surface area contributed by atoms with Gasteiger partial charge in [0.1, 0.15) is 17.7 Å². The summed E-state index contributed by atoms with van der Waals surface area (Å²) in [4.78, 5) is 26.8. The minimum absolute atomic E-state index is 0.00774. The van der Waals surface area contributed by atoms with Crippen LogP contribution in [0.25, 0.3) is 0 Å². The van der Waals surface area contributed by atoms with Gasteiger partial charge in [-0.15, -0.1) is 0 Å². The first-order chi connectivity index (χ1) is 25.7. The Morgan fingerprint density at radius 3 is 2.23 bits per heavy atom. The van der Waals surface area contributed by atoms with E-state index in [1.54, 1.807) is 0 Å². The fourth-order valence-corrected chi connectivity index (χ4v) is 10.8. The number of carboxylic acid groups (broad SMARTS) is 1. The first kappa shape index (κ1) is 46.0. The summed E-state index contributed by atoms with van der Waals surface area (Å²) >= 11 is 3.23. The molecule has 0 spiro atoms. The number of nitrogens with one attached hydrogen (secondary N) is 1. The summed E-state index contributed by atoms with van der Waals surface area (Å²) in [7, 11) is 0.369. The second-order valence-corrected chi connectivity index (χ2v) is 20.7. The van der Waals surface area contributed by atoms with Crippen molar-refractivity contribution in [3.05, 3.63) is 69.2 Å². The van der Waals surface area contributed by atoms with E-state index in [9.17, 15) is 26.4 Å². The van der Waals surface area contributed by atoms with Gasteiger partial charge in [0, 0.05) is 43.8 Å². The summed E-state index contributed by atoms with van der Waals surface area (Å²) in [6.07, 6.45) is -1.88. The smallest absolute Gasteiger partial charge is 0.475 e. The second-order valence-electron chi connectivity index (χ2n) is 17.8. The average Bonchev–Trinajstić information content (AvgIpc) is 3.37. The van der Waals surface area contributed by atoms with Crippen LogP contribution in [0.1, 0.15) is 83.9 Å². The van der Waals surface area contributed by atoms with E-state index in [1.165, 1.54) is 22.9 Å². The lowest BCUT2D eigenvalue weighted by Gasteiger charge is -2.62. The van der Waals surface area contributed by atoms with E-state index in [4.69, 9.17) is 9.90 Å². The quantitative estimate of drug-likeness (QED) is 0.165. The Balaban J connectivity index is 0.000000908. The Bertz CT molecular complexity index is 1840. The third-order valence-corrected chi connectivity index (χ3v) is 14.2. The van der Waals surface area contributed by atoms with Crippen molar-refractivity contribution in [1.82, 2.24) is 19.4 Å². The van der Waals surface area contributed by atoms with Crippen molar-refractivity contribution in [2.75, 3.05) is 26.4 Å². The van der Waals surface area contributed by atoms with Crippen LogP contribution in [0.4, 0.5) is 22.0 Å². The monoisotopic (exact) mass is 878 g/mol. The van der Waals surface area contributed by atoms with E-state index < -0.39 is 39.8 Å². The summed E-state index contributed by atoms with van der Waals surface area (Å²) in [6, 6.07) is 9.66. The fraction of sp³-hybridized carbons (Fsp3) is 0.650. The van der Waals surface area contributed by atoms with Gasteiger partial charge >= 0.3 is 12.1 Å². The average molecular weight is 880 g/mol. The molecule has 56 heavy (non-hydrogen) atoms. The summed E-state index contributed by atoms with van der Waals surface area (Å²) in [6.45, 7) is 14.6. The molecule has 1 aliphatic heterocycles. The number of amides is 1. The zero-order chi connectivity index (χ0) is 42.1. The van der Waals surface area contributed by atoms with Gasteiger partial charge in [0.25, 0.3) is 0 Å². The van der Waals surface area contributed by atoms with E-state index >= 15 is 8.78 Å². The van der Waals surface area contributed by atoms with Crippen molar-refractivity contribution in [3.8, 4) is 0 Å². The Labute approximate surface area is 336 Å². The van der Waals surface area contributed by atoms with E-state index in [2.05, 4.69) is 72.6 Å². The lowest BCUT2D eigenvalue weighted by Crippen LogP contribution is -2.61. The standard InChI is InChI=1S/C38H55BrF2N4O3S.C2HF3O2/c1-24-30-17-27(38(30,5)6)18-33(24)42-36(46)34-14-15-49(47,48)45(34)21-26-11-9-10-25(16-26)20-44(28(22-43(7)8)19-37(2,3)4)23-29-32(40)13-12-31(39)35(29)41;3-2(4,5)1(6)7/h9-13,16,24,27-28,30,33-34H,14-15,17-23H2,1-8H3,(H,42,46);(H,6,7)/t24-,27+,28-,30-,33-,34?;/m0./s1. The molecular formula is C40H56BrF5N4O5S. The molecule has 2 aromatic rings. The number of benzene rings is 2. The molecule has 0 radical (unpaired) electrons. The molecule has 9 nitrogen and oxygen atoms in total. The van der Waals surface area contributed by atoms with E-state index in [1.807, 2.05) is 38.4 Å². The molecule has 2 aromatic carbocycles. The summed E-state index contributed by atoms with van der Waals surface area (Å²) in [5.74, 6) is -2.71. The SMILES string of the molecule is C[C@@H]1[C@@H](NC(=O)C2CCS(=O)(=O)N2Cc2cccc(CN(Cc3c(F)ccc(Br)c3F)[C@H](CN(C)C)CC(C)(C)C)c2)C[C@H]2C[C@@H]1C2(C)C.O=C(O)C(F)(F)F. The molecule has 2 N–H and O–H groups in total. The van der Waals surface area contributed by atoms with Gasteiger partial charge in [-0.3, -0.25) is 9.69 Å². The number of halogens is 6. The first-order valence-electron chi connectivity index (χ1n) is 18.9. The number of sulfonamides is 1. The highest BCUT2D eigenvalue weighted by atomic mass is 79.9. The van der Waals surface area contributed by atoms with E-state index in [0.717, 1.165) is 24.0 Å². The maximum atomic E-state index is 15.3. The van der Waals surface area contributed by atoms with Gasteiger partial charge in [0.2, 0.25) is 15.9 Å². The predicted octanol–water partition coefficient (Wildman–Crippen LogP) is 7.82. The Morgan fingerprint density at radius 1 is 1.05 bits per heavy atom. The van der Waals surface area contributed by atoms with Crippen LogP contribution in [0.3, 0.4) is 0 Å². The van der Waals surface area contributed by atoms with Crippen molar-refractivity contribution in [3.63, 3.8) is 0 Å². The third-order valence-electron chi connectivity index (χ3n) is 11.7. The Kier molecular flexibility index (Phi) is 14.5. The van der Waals surface area contributed by atoms with Crippen molar-refractivity contribution >= 4 is 37.8 Å². The summed E-state index contributed by atoms with van der Waals surface area (Å²) in [5.41, 5.74) is 1.94. The number of aliphatic carboxylic acids is 1. The molecule has 16 heteroatoms. The maximum Gasteiger partial charge on any atom is 0.490 e. The molecule has 1 heterocycles. The highest BCUT2D eigenvalue weighted by Gasteiger charge is 2.57. The van der Waals surface area contributed by atoms with Crippen molar-refractivity contribution < 1.29 is 45.1 Å². The van der Waals surface area contributed by atoms with Crippen LogP contribution in [0.15, 0.2) is 40.9 Å². The molecule has 0 aromatic heterocycles.